The summed E-state index contributed by atoms with van der Waals surface area (Å²) in [6, 6.07) is 6.79. The average Bonchev–Trinajstić information content (AvgIpc) is 2.47. The molecule has 0 aliphatic heterocycles. The van der Waals surface area contributed by atoms with Gasteiger partial charge in [-0.3, -0.25) is 0 Å². The normalized spacial score (nSPS) is 12.2. The zero-order chi connectivity index (χ0) is 14.5. The minimum Gasteiger partial charge on any atom is -0.480 e. The summed E-state index contributed by atoms with van der Waals surface area (Å²) >= 11 is 0. The summed E-state index contributed by atoms with van der Waals surface area (Å²) in [4.78, 5) is 0. The van der Waals surface area contributed by atoms with Crippen LogP contribution in [-0.4, -0.2) is 24.4 Å². The van der Waals surface area contributed by atoms with Crippen molar-refractivity contribution in [3.63, 3.8) is 0 Å². The molecule has 1 N–H and O–H groups in total. The molecule has 2 rings (SSSR count). The van der Waals surface area contributed by atoms with Crippen LogP contribution in [0, 0.1) is 11.6 Å². The Labute approximate surface area is 115 Å². The van der Waals surface area contributed by atoms with Crippen molar-refractivity contribution in [1.29, 1.82) is 0 Å². The fraction of sp³-hybridized carbons (Fsp3) is 0.286. The third-order valence-electron chi connectivity index (χ3n) is 3.01. The van der Waals surface area contributed by atoms with Crippen LogP contribution in [0.15, 0.2) is 30.3 Å². The van der Waals surface area contributed by atoms with E-state index in [1.807, 2.05) is 0 Å². The number of nitrogens with zero attached hydrogens (tertiary/aromatic N) is 2. The van der Waals surface area contributed by atoms with Crippen molar-refractivity contribution in [3.05, 3.63) is 53.2 Å². The lowest BCUT2D eigenvalue weighted by atomic mass is 10.0. The van der Waals surface area contributed by atoms with Crippen molar-refractivity contribution >= 4 is 0 Å². The minimum absolute atomic E-state index is 0.214. The zero-order valence-electron chi connectivity index (χ0n) is 11.2. The van der Waals surface area contributed by atoms with Crippen LogP contribution < -0.4 is 10.1 Å². The fourth-order valence-electron chi connectivity index (χ4n) is 1.89. The highest BCUT2D eigenvalue weighted by Gasteiger charge is 2.15. The summed E-state index contributed by atoms with van der Waals surface area (Å²) in [5, 5.41) is 11.0. The summed E-state index contributed by atoms with van der Waals surface area (Å²) in [5.74, 6) is -0.736. The van der Waals surface area contributed by atoms with Crippen molar-refractivity contribution < 1.29 is 13.5 Å². The van der Waals surface area contributed by atoms with Gasteiger partial charge in [-0.05, 0) is 31.2 Å². The smallest absolute Gasteiger partial charge is 0.233 e. The molecule has 1 aromatic heterocycles. The molecule has 0 amide bonds. The van der Waals surface area contributed by atoms with Crippen LogP contribution in [0.3, 0.4) is 0 Å². The minimum atomic E-state index is -0.587. The van der Waals surface area contributed by atoms with Gasteiger partial charge >= 0.3 is 0 Å². The van der Waals surface area contributed by atoms with Crippen molar-refractivity contribution in [3.8, 4) is 5.88 Å². The molecule has 2 aromatic rings. The number of likely N-dealkylation sites (N-methyl/N-ethyl adjacent to an activating group) is 1. The van der Waals surface area contributed by atoms with Gasteiger partial charge in [0.2, 0.25) is 5.88 Å². The number of halogens is 2. The molecule has 106 valence electrons. The third kappa shape index (κ3) is 3.27. The Hall–Kier alpha value is -2.08. The molecule has 4 nitrogen and oxygen atoms in total. The van der Waals surface area contributed by atoms with Gasteiger partial charge in [-0.2, -0.15) is 5.10 Å². The van der Waals surface area contributed by atoms with E-state index in [2.05, 4.69) is 15.5 Å². The second-order valence-corrected chi connectivity index (χ2v) is 4.28. The van der Waals surface area contributed by atoms with E-state index < -0.39 is 11.6 Å². The van der Waals surface area contributed by atoms with E-state index in [4.69, 9.17) is 4.74 Å². The lowest BCUT2D eigenvalue weighted by Gasteiger charge is -2.15. The van der Waals surface area contributed by atoms with Gasteiger partial charge in [-0.1, -0.05) is 6.07 Å². The maximum absolute atomic E-state index is 13.7. The Morgan fingerprint density at radius 1 is 1.20 bits per heavy atom. The van der Waals surface area contributed by atoms with Crippen LogP contribution in [0.4, 0.5) is 8.78 Å². The van der Waals surface area contributed by atoms with Crippen molar-refractivity contribution in [1.82, 2.24) is 15.5 Å². The van der Waals surface area contributed by atoms with Gasteiger partial charge in [-0.25, -0.2) is 8.78 Å². The molecular formula is C14H15F2N3O. The van der Waals surface area contributed by atoms with Crippen LogP contribution >= 0.6 is 0 Å². The Morgan fingerprint density at radius 3 is 2.55 bits per heavy atom. The number of hydrogen-bond donors (Lipinski definition) is 1. The highest BCUT2D eigenvalue weighted by Crippen LogP contribution is 2.19. The van der Waals surface area contributed by atoms with Crippen LogP contribution in [0.1, 0.15) is 17.3 Å². The molecule has 1 aromatic carbocycles. The van der Waals surface area contributed by atoms with E-state index in [1.165, 1.54) is 19.2 Å². The molecular weight excluding hydrogens is 264 g/mol. The molecule has 0 saturated heterocycles. The summed E-state index contributed by atoms with van der Waals surface area (Å²) in [7, 11) is 3.26. The highest BCUT2D eigenvalue weighted by molar-refractivity contribution is 5.22. The second kappa shape index (κ2) is 6.38. The molecule has 1 heterocycles. The van der Waals surface area contributed by atoms with E-state index in [0.717, 1.165) is 6.07 Å². The van der Waals surface area contributed by atoms with E-state index in [9.17, 15) is 8.78 Å². The maximum atomic E-state index is 13.7. The summed E-state index contributed by atoms with van der Waals surface area (Å²) in [6.07, 6.45) is 0.351. The van der Waals surface area contributed by atoms with Crippen molar-refractivity contribution in [2.45, 2.75) is 12.5 Å². The van der Waals surface area contributed by atoms with Gasteiger partial charge < -0.3 is 10.1 Å². The summed E-state index contributed by atoms with van der Waals surface area (Å²) < 4.78 is 31.5. The molecule has 0 spiro atoms. The van der Waals surface area contributed by atoms with Gasteiger partial charge in [0.05, 0.1) is 18.8 Å². The second-order valence-electron chi connectivity index (χ2n) is 4.28. The molecule has 6 heteroatoms. The van der Waals surface area contributed by atoms with Crippen LogP contribution in [-0.2, 0) is 6.42 Å². The number of hydrogen-bond acceptors (Lipinski definition) is 4. The number of ether oxygens (including phenoxy) is 1. The summed E-state index contributed by atoms with van der Waals surface area (Å²) in [6.45, 7) is 0. The monoisotopic (exact) mass is 279 g/mol. The quantitative estimate of drug-likeness (QED) is 0.912. The lowest BCUT2D eigenvalue weighted by Crippen LogP contribution is -2.21. The molecule has 0 saturated carbocycles. The molecule has 1 atom stereocenters. The first kappa shape index (κ1) is 14.3. The zero-order valence-corrected chi connectivity index (χ0v) is 11.2. The fourth-order valence-corrected chi connectivity index (χ4v) is 1.89. The average molecular weight is 279 g/mol. The SMILES string of the molecule is CNC(Cc1ccc(F)cc1F)c1ccc(OC)nn1. The van der Waals surface area contributed by atoms with Gasteiger partial charge in [0, 0.05) is 12.1 Å². The van der Waals surface area contributed by atoms with E-state index >= 15 is 0 Å². The van der Waals surface area contributed by atoms with Crippen LogP contribution in [0.25, 0.3) is 0 Å². The first-order chi connectivity index (χ1) is 9.63. The number of rotatable bonds is 5. The van der Waals surface area contributed by atoms with Gasteiger partial charge in [-0.15, -0.1) is 5.10 Å². The standard InChI is InChI=1S/C14H15F2N3O/c1-17-13(12-5-6-14(20-2)19-18-12)7-9-3-4-10(15)8-11(9)16/h3-6,8,13,17H,7H2,1-2H3. The van der Waals surface area contributed by atoms with Gasteiger partial charge in [0.25, 0.3) is 0 Å². The highest BCUT2D eigenvalue weighted by atomic mass is 19.1. The van der Waals surface area contributed by atoms with Crippen molar-refractivity contribution in [2.24, 2.45) is 0 Å². The van der Waals surface area contributed by atoms with E-state index in [0.29, 0.717) is 23.6 Å². The predicted octanol–water partition coefficient (Wildman–Crippen LogP) is 2.27. The Kier molecular flexibility index (Phi) is 4.57. The number of methoxy groups -OCH3 is 1. The molecule has 20 heavy (non-hydrogen) atoms. The largest absolute Gasteiger partial charge is 0.480 e. The van der Waals surface area contributed by atoms with Crippen LogP contribution in [0.2, 0.25) is 0 Å². The Balaban J connectivity index is 2.19. The van der Waals surface area contributed by atoms with E-state index in [-0.39, 0.29) is 6.04 Å². The molecule has 0 aliphatic rings. The Bertz CT molecular complexity index is 575. The lowest BCUT2D eigenvalue weighted by molar-refractivity contribution is 0.389. The molecule has 0 radical (unpaired) electrons. The first-order valence-electron chi connectivity index (χ1n) is 6.13. The first-order valence-corrected chi connectivity index (χ1v) is 6.13. The predicted molar refractivity (Wildman–Crippen MR) is 70.4 cm³/mol. The molecule has 0 bridgehead atoms. The molecule has 1 unspecified atom stereocenters. The Morgan fingerprint density at radius 2 is 2.00 bits per heavy atom. The maximum Gasteiger partial charge on any atom is 0.233 e. The van der Waals surface area contributed by atoms with E-state index in [1.54, 1.807) is 19.2 Å². The van der Waals surface area contributed by atoms with Gasteiger partial charge in [0.1, 0.15) is 11.6 Å². The molecule has 0 fully saturated rings. The molecule has 0 aliphatic carbocycles. The van der Waals surface area contributed by atoms with Gasteiger partial charge in [0.15, 0.2) is 0 Å². The topological polar surface area (TPSA) is 47.0 Å². The number of nitrogens with one attached hydrogen (secondary N) is 1. The third-order valence-corrected chi connectivity index (χ3v) is 3.01. The number of aromatic nitrogens is 2. The number of benzene rings is 1. The summed E-state index contributed by atoms with van der Waals surface area (Å²) in [5.41, 5.74) is 1.08. The van der Waals surface area contributed by atoms with Crippen LogP contribution in [0.5, 0.6) is 5.88 Å². The van der Waals surface area contributed by atoms with Crippen molar-refractivity contribution in [2.75, 3.05) is 14.2 Å².